The molecule has 0 saturated heterocycles. The van der Waals surface area contributed by atoms with Crippen molar-refractivity contribution in [1.29, 1.82) is 0 Å². The molecule has 63 heavy (non-hydrogen) atoms. The molecule has 0 radical (unpaired) electrons. The van der Waals surface area contributed by atoms with E-state index in [0.717, 1.165) is 44.9 Å². The molecule has 1 aliphatic carbocycles. The zero-order chi connectivity index (χ0) is 42.9. The summed E-state index contributed by atoms with van der Waals surface area (Å²) in [6.07, 6.45) is 0. The van der Waals surface area contributed by atoms with E-state index < -0.39 is 5.41 Å². The molecule has 9 rings (SSSR count). The zero-order valence-electron chi connectivity index (χ0n) is 34.4. The first kappa shape index (κ1) is 40.3. The van der Waals surface area contributed by atoms with Crippen LogP contribution in [0.25, 0.3) is 11.1 Å². The van der Waals surface area contributed by atoms with Gasteiger partial charge in [-0.3, -0.25) is 9.59 Å². The molecule has 0 unspecified atom stereocenters. The van der Waals surface area contributed by atoms with Crippen molar-refractivity contribution in [3.05, 3.63) is 240 Å². The van der Waals surface area contributed by atoms with E-state index in [1.165, 1.54) is 0 Å². The Balaban J connectivity index is 0.914. The predicted molar refractivity (Wildman–Crippen MR) is 247 cm³/mol. The second-order valence-electron chi connectivity index (χ2n) is 15.0. The van der Waals surface area contributed by atoms with Gasteiger partial charge in [0.2, 0.25) is 0 Å². The summed E-state index contributed by atoms with van der Waals surface area (Å²) in [5.41, 5.74) is 8.29. The summed E-state index contributed by atoms with van der Waals surface area (Å²) in [5.74, 6) is 2.23. The second-order valence-corrected chi connectivity index (χ2v) is 15.0. The van der Waals surface area contributed by atoms with E-state index in [-0.39, 0.29) is 11.8 Å². The summed E-state index contributed by atoms with van der Waals surface area (Å²) in [4.78, 5) is 27.0. The van der Waals surface area contributed by atoms with Gasteiger partial charge < -0.3 is 29.6 Å². The molecule has 0 fully saturated rings. The minimum atomic E-state index is -0.677. The molecular weight excluding hydrogens is 785 g/mol. The lowest BCUT2D eigenvalue weighted by molar-refractivity contribution is 0.101. The quantitative estimate of drug-likeness (QED) is 0.0942. The number of anilines is 2. The first-order chi connectivity index (χ1) is 31.0. The maximum Gasteiger partial charge on any atom is 0.255 e. The van der Waals surface area contributed by atoms with Gasteiger partial charge in [-0.25, -0.2) is 0 Å². The number of amides is 2. The third kappa shape index (κ3) is 8.88. The van der Waals surface area contributed by atoms with Crippen LogP contribution < -0.4 is 29.6 Å². The van der Waals surface area contributed by atoms with E-state index in [1.807, 2.05) is 97.1 Å². The molecule has 2 amide bonds. The fourth-order valence-corrected chi connectivity index (χ4v) is 8.16. The van der Waals surface area contributed by atoms with Crippen molar-refractivity contribution in [1.82, 2.24) is 0 Å². The van der Waals surface area contributed by atoms with Gasteiger partial charge in [-0.05, 0) is 118 Å². The van der Waals surface area contributed by atoms with Crippen molar-refractivity contribution in [2.75, 3.05) is 37.1 Å². The number of rotatable bonds is 16. The lowest BCUT2D eigenvalue weighted by atomic mass is 9.67. The third-order valence-corrected chi connectivity index (χ3v) is 11.0. The molecule has 2 N–H and O–H groups in total. The molecule has 8 aromatic rings. The van der Waals surface area contributed by atoms with Crippen molar-refractivity contribution >= 4 is 23.2 Å². The van der Waals surface area contributed by atoms with Gasteiger partial charge in [-0.1, -0.05) is 121 Å². The van der Waals surface area contributed by atoms with Gasteiger partial charge in [0.15, 0.2) is 0 Å². The van der Waals surface area contributed by atoms with Crippen molar-refractivity contribution in [3.63, 3.8) is 0 Å². The first-order valence-electron chi connectivity index (χ1n) is 20.9. The van der Waals surface area contributed by atoms with Crippen LogP contribution in [0.2, 0.25) is 0 Å². The van der Waals surface area contributed by atoms with Gasteiger partial charge in [0.05, 0.1) is 5.41 Å². The number of ether oxygens (including phenoxy) is 4. The van der Waals surface area contributed by atoms with Crippen LogP contribution in [-0.2, 0) is 5.41 Å². The van der Waals surface area contributed by atoms with Crippen LogP contribution in [0.3, 0.4) is 0 Å². The van der Waals surface area contributed by atoms with Crippen LogP contribution in [0, 0.1) is 0 Å². The summed E-state index contributed by atoms with van der Waals surface area (Å²) < 4.78 is 23.3. The van der Waals surface area contributed by atoms with Gasteiger partial charge in [0, 0.05) is 22.5 Å². The van der Waals surface area contributed by atoms with Crippen LogP contribution in [0.5, 0.6) is 23.0 Å². The largest absolute Gasteiger partial charge is 0.490 e. The molecule has 0 saturated carbocycles. The van der Waals surface area contributed by atoms with Crippen LogP contribution >= 0.6 is 0 Å². The van der Waals surface area contributed by atoms with Crippen molar-refractivity contribution in [2.45, 2.75) is 5.41 Å². The second kappa shape index (κ2) is 18.7. The number of fused-ring (bicyclic) bond motifs is 3. The average Bonchev–Trinajstić information content (AvgIpc) is 3.64. The summed E-state index contributed by atoms with van der Waals surface area (Å²) in [5, 5.41) is 6.14. The van der Waals surface area contributed by atoms with Crippen molar-refractivity contribution < 1.29 is 28.5 Å². The lowest BCUT2D eigenvalue weighted by Crippen LogP contribution is -2.28. The zero-order valence-corrected chi connectivity index (χ0v) is 34.4. The normalized spacial score (nSPS) is 12.0. The minimum Gasteiger partial charge on any atom is -0.490 e. The topological polar surface area (TPSA) is 95.1 Å². The highest BCUT2D eigenvalue weighted by Crippen LogP contribution is 2.56. The predicted octanol–water partition coefficient (Wildman–Crippen LogP) is 11.5. The molecule has 8 nitrogen and oxygen atoms in total. The van der Waals surface area contributed by atoms with Gasteiger partial charge in [-0.15, -0.1) is 0 Å². The molecule has 0 bridgehead atoms. The highest BCUT2D eigenvalue weighted by molar-refractivity contribution is 6.05. The van der Waals surface area contributed by atoms with E-state index in [9.17, 15) is 9.59 Å². The van der Waals surface area contributed by atoms with E-state index in [2.05, 4.69) is 83.4 Å². The number of nitrogens with one attached hydrogen (secondary N) is 2. The number of hydrogen-bond acceptors (Lipinski definition) is 6. The summed E-state index contributed by atoms with van der Waals surface area (Å²) in [7, 11) is 0. The maximum absolute atomic E-state index is 13.5. The van der Waals surface area contributed by atoms with Gasteiger partial charge in [0.1, 0.15) is 49.4 Å². The maximum atomic E-state index is 13.5. The minimum absolute atomic E-state index is 0.245. The van der Waals surface area contributed by atoms with Crippen molar-refractivity contribution in [2.24, 2.45) is 0 Å². The smallest absolute Gasteiger partial charge is 0.255 e. The lowest BCUT2D eigenvalue weighted by Gasteiger charge is -2.34. The summed E-state index contributed by atoms with van der Waals surface area (Å²) >= 11 is 0. The molecule has 8 heteroatoms. The SMILES string of the molecule is O=C(Nc1ccc(C2(c3ccc(NC(=O)c4cccc(OCCOc5ccccc5)c4)cc3)c3ccccc3-c3ccccc32)cc1)c1cccc(OCCOc2ccccc2)c1. The van der Waals surface area contributed by atoms with E-state index in [1.54, 1.807) is 36.4 Å². The molecule has 0 heterocycles. The van der Waals surface area contributed by atoms with E-state index >= 15 is 0 Å². The highest BCUT2D eigenvalue weighted by atomic mass is 16.5. The van der Waals surface area contributed by atoms with Crippen LogP contribution in [0.4, 0.5) is 11.4 Å². The Labute approximate surface area is 366 Å². The Morgan fingerprint density at radius 3 is 1.13 bits per heavy atom. The van der Waals surface area contributed by atoms with Crippen molar-refractivity contribution in [3.8, 4) is 34.1 Å². The van der Waals surface area contributed by atoms with Crippen LogP contribution in [-0.4, -0.2) is 38.2 Å². The molecule has 0 spiro atoms. The number of carbonyl (C=O) groups is 2. The molecule has 310 valence electrons. The third-order valence-electron chi connectivity index (χ3n) is 11.0. The molecule has 0 aromatic heterocycles. The monoisotopic (exact) mass is 828 g/mol. The number of hydrogen-bond donors (Lipinski definition) is 2. The Hall–Kier alpha value is -8.10. The van der Waals surface area contributed by atoms with Crippen LogP contribution in [0.1, 0.15) is 43.0 Å². The molecule has 0 aliphatic heterocycles. The molecule has 8 aromatic carbocycles. The average molecular weight is 829 g/mol. The first-order valence-corrected chi connectivity index (χ1v) is 20.9. The molecular formula is C55H44N2O6. The van der Waals surface area contributed by atoms with E-state index in [4.69, 9.17) is 18.9 Å². The Kier molecular flexibility index (Phi) is 11.9. The fourth-order valence-electron chi connectivity index (χ4n) is 8.16. The number of para-hydroxylation sites is 2. The summed E-state index contributed by atoms with van der Waals surface area (Å²) in [6.45, 7) is 1.43. The van der Waals surface area contributed by atoms with Gasteiger partial charge in [-0.2, -0.15) is 0 Å². The highest BCUT2D eigenvalue weighted by Gasteiger charge is 2.45. The van der Waals surface area contributed by atoms with E-state index in [0.29, 0.717) is 60.4 Å². The Morgan fingerprint density at radius 1 is 0.365 bits per heavy atom. The fraction of sp³-hybridized carbons (Fsp3) is 0.0909. The van der Waals surface area contributed by atoms with Crippen LogP contribution in [0.15, 0.2) is 206 Å². The Morgan fingerprint density at radius 2 is 0.714 bits per heavy atom. The Bertz CT molecular complexity index is 2630. The van der Waals surface area contributed by atoms with Gasteiger partial charge >= 0.3 is 0 Å². The molecule has 0 atom stereocenters. The summed E-state index contributed by atoms with van der Waals surface area (Å²) in [6, 6.07) is 66.5. The standard InChI is InChI=1S/C55H44N2O6/c58-53(39-13-11-19-47(37-39)62-35-33-60-45-15-3-1-4-16-45)56-43-29-25-41(26-30-43)55(51-23-9-7-21-49(51)50-22-8-10-24-52(50)55)42-27-31-44(32-28-42)57-54(59)40-14-12-20-48(38-40)63-36-34-61-46-17-5-2-6-18-46/h1-32,37-38H,33-36H2,(H,56,58)(H,57,59). The number of carbonyl (C=O) groups excluding carboxylic acids is 2. The number of benzene rings is 8. The van der Waals surface area contributed by atoms with Gasteiger partial charge in [0.25, 0.3) is 11.8 Å². The molecule has 1 aliphatic rings.